The zero-order valence-corrected chi connectivity index (χ0v) is 17.5. The van der Waals surface area contributed by atoms with Crippen molar-refractivity contribution in [3.8, 4) is 0 Å². The van der Waals surface area contributed by atoms with Crippen LogP contribution in [0.5, 0.6) is 0 Å². The molecule has 0 N–H and O–H groups in total. The standard InChI is InChI=1S/C19H18ClN3O3S2/c1-2-10-22-16-8-5-14(23(25)26)12-17(16)28-19(22)21-18(24)9-11-27-15-6-3-13(20)4-7-15/h3-8,12H,2,9-11H2,1H3. The number of amides is 1. The zero-order chi connectivity index (χ0) is 20.1. The van der Waals surface area contributed by atoms with Crippen LogP contribution < -0.4 is 4.80 Å². The van der Waals surface area contributed by atoms with E-state index in [1.165, 1.54) is 23.5 Å². The van der Waals surface area contributed by atoms with Crippen LogP contribution in [0.25, 0.3) is 10.2 Å². The van der Waals surface area contributed by atoms with Gasteiger partial charge in [-0.3, -0.25) is 14.9 Å². The molecule has 1 aromatic heterocycles. The summed E-state index contributed by atoms with van der Waals surface area (Å²) in [6.45, 7) is 2.74. The summed E-state index contributed by atoms with van der Waals surface area (Å²) in [7, 11) is 0. The Labute approximate surface area is 175 Å². The van der Waals surface area contributed by atoms with Gasteiger partial charge in [0.25, 0.3) is 5.69 Å². The average molecular weight is 436 g/mol. The number of aromatic nitrogens is 1. The maximum Gasteiger partial charge on any atom is 0.270 e. The number of hydrogen-bond donors (Lipinski definition) is 0. The monoisotopic (exact) mass is 435 g/mol. The highest BCUT2D eigenvalue weighted by atomic mass is 35.5. The van der Waals surface area contributed by atoms with E-state index in [4.69, 9.17) is 11.6 Å². The van der Waals surface area contributed by atoms with Crippen LogP contribution in [0.1, 0.15) is 19.8 Å². The molecule has 3 aromatic rings. The molecule has 0 spiro atoms. The smallest absolute Gasteiger partial charge is 0.270 e. The highest BCUT2D eigenvalue weighted by Crippen LogP contribution is 2.24. The number of fused-ring (bicyclic) bond motifs is 1. The maximum atomic E-state index is 12.3. The fourth-order valence-corrected chi connectivity index (χ4v) is 4.72. The number of non-ortho nitro benzene ring substituents is 1. The lowest BCUT2D eigenvalue weighted by atomic mass is 10.3. The summed E-state index contributed by atoms with van der Waals surface area (Å²) in [5.74, 6) is 0.418. The van der Waals surface area contributed by atoms with Gasteiger partial charge in [-0.1, -0.05) is 29.9 Å². The van der Waals surface area contributed by atoms with Crippen LogP contribution >= 0.6 is 34.7 Å². The van der Waals surface area contributed by atoms with Gasteiger partial charge >= 0.3 is 0 Å². The highest BCUT2D eigenvalue weighted by Gasteiger charge is 2.12. The SMILES string of the molecule is CCCn1c(=NC(=O)CCSc2ccc(Cl)cc2)sc2cc([N+](=O)[O-])ccc21. The number of benzene rings is 2. The minimum absolute atomic E-state index is 0.0367. The number of halogens is 1. The second-order valence-corrected chi connectivity index (χ2v) is 8.62. The van der Waals surface area contributed by atoms with Crippen molar-refractivity contribution in [1.82, 2.24) is 4.57 Å². The van der Waals surface area contributed by atoms with Crippen molar-refractivity contribution in [2.24, 2.45) is 4.99 Å². The van der Waals surface area contributed by atoms with Crippen molar-refractivity contribution in [3.63, 3.8) is 0 Å². The summed E-state index contributed by atoms with van der Waals surface area (Å²) in [5, 5.41) is 11.7. The number of thiazole rings is 1. The molecule has 0 radical (unpaired) electrons. The van der Waals surface area contributed by atoms with Gasteiger partial charge < -0.3 is 4.57 Å². The van der Waals surface area contributed by atoms with E-state index >= 15 is 0 Å². The fraction of sp³-hybridized carbons (Fsp3) is 0.263. The molecule has 6 nitrogen and oxygen atoms in total. The van der Waals surface area contributed by atoms with Gasteiger partial charge in [0.1, 0.15) is 0 Å². The van der Waals surface area contributed by atoms with E-state index in [0.717, 1.165) is 21.5 Å². The van der Waals surface area contributed by atoms with Gasteiger partial charge in [0.2, 0.25) is 5.91 Å². The Morgan fingerprint density at radius 1 is 1.29 bits per heavy atom. The molecular formula is C19H18ClN3O3S2. The summed E-state index contributed by atoms with van der Waals surface area (Å²) < 4.78 is 2.71. The molecule has 0 aliphatic carbocycles. The van der Waals surface area contributed by atoms with E-state index in [1.807, 2.05) is 35.8 Å². The Morgan fingerprint density at radius 2 is 2.04 bits per heavy atom. The molecule has 1 heterocycles. The second-order valence-electron chi connectivity index (χ2n) is 6.00. The Kier molecular flexibility index (Phi) is 6.88. The van der Waals surface area contributed by atoms with Crippen molar-refractivity contribution in [1.29, 1.82) is 0 Å². The number of aryl methyl sites for hydroxylation is 1. The van der Waals surface area contributed by atoms with E-state index in [2.05, 4.69) is 4.99 Å². The third-order valence-corrected chi connectivity index (χ3v) is 6.25. The van der Waals surface area contributed by atoms with Crippen LogP contribution in [-0.4, -0.2) is 21.2 Å². The van der Waals surface area contributed by atoms with E-state index < -0.39 is 4.92 Å². The van der Waals surface area contributed by atoms with Crippen molar-refractivity contribution < 1.29 is 9.72 Å². The summed E-state index contributed by atoms with van der Waals surface area (Å²) in [6, 6.07) is 12.2. The van der Waals surface area contributed by atoms with Crippen LogP contribution in [0, 0.1) is 10.1 Å². The van der Waals surface area contributed by atoms with Gasteiger partial charge in [0, 0.05) is 40.8 Å². The largest absolute Gasteiger partial charge is 0.316 e. The Hall–Kier alpha value is -2.16. The molecule has 146 valence electrons. The number of nitro groups is 1. The van der Waals surface area contributed by atoms with Gasteiger partial charge in [-0.2, -0.15) is 4.99 Å². The fourth-order valence-electron chi connectivity index (χ4n) is 2.65. The molecule has 0 saturated heterocycles. The van der Waals surface area contributed by atoms with Gasteiger partial charge in [0.15, 0.2) is 4.80 Å². The highest BCUT2D eigenvalue weighted by molar-refractivity contribution is 7.99. The van der Waals surface area contributed by atoms with Crippen LogP contribution in [0.2, 0.25) is 5.02 Å². The first-order valence-electron chi connectivity index (χ1n) is 8.71. The predicted octanol–water partition coefficient (Wildman–Crippen LogP) is 5.28. The Bertz CT molecular complexity index is 1070. The predicted molar refractivity (Wildman–Crippen MR) is 114 cm³/mol. The lowest BCUT2D eigenvalue weighted by molar-refractivity contribution is -0.384. The number of carbonyl (C=O) groups excluding carboxylic acids is 1. The summed E-state index contributed by atoms with van der Waals surface area (Å²) in [6.07, 6.45) is 1.18. The summed E-state index contributed by atoms with van der Waals surface area (Å²) in [4.78, 5) is 28.8. The third-order valence-electron chi connectivity index (χ3n) is 3.94. The van der Waals surface area contributed by atoms with E-state index in [1.54, 1.807) is 17.8 Å². The average Bonchev–Trinajstić information content (AvgIpc) is 3.00. The molecule has 0 fully saturated rings. The molecule has 0 unspecified atom stereocenters. The number of thioether (sulfide) groups is 1. The van der Waals surface area contributed by atoms with Crippen molar-refractivity contribution in [2.75, 3.05) is 5.75 Å². The first kappa shape index (κ1) is 20.6. The molecule has 0 aliphatic rings. The summed E-state index contributed by atoms with van der Waals surface area (Å²) in [5.41, 5.74) is 0.897. The first-order chi connectivity index (χ1) is 13.5. The molecule has 0 aliphatic heterocycles. The molecule has 0 bridgehead atoms. The quantitative estimate of drug-likeness (QED) is 0.287. The molecule has 3 rings (SSSR count). The van der Waals surface area contributed by atoms with Crippen molar-refractivity contribution in [2.45, 2.75) is 31.2 Å². The van der Waals surface area contributed by atoms with Gasteiger partial charge in [-0.05, 0) is 36.8 Å². The number of nitrogens with zero attached hydrogens (tertiary/aromatic N) is 3. The molecule has 9 heteroatoms. The molecule has 28 heavy (non-hydrogen) atoms. The van der Waals surface area contributed by atoms with Crippen LogP contribution in [-0.2, 0) is 11.3 Å². The summed E-state index contributed by atoms with van der Waals surface area (Å²) >= 11 is 8.75. The maximum absolute atomic E-state index is 12.3. The number of nitro benzene ring substituents is 1. The number of carbonyl (C=O) groups is 1. The minimum Gasteiger partial charge on any atom is -0.316 e. The molecule has 1 amide bonds. The van der Waals surface area contributed by atoms with Crippen LogP contribution in [0.15, 0.2) is 52.4 Å². The van der Waals surface area contributed by atoms with Gasteiger partial charge in [-0.15, -0.1) is 11.8 Å². The molecule has 2 aromatic carbocycles. The van der Waals surface area contributed by atoms with Gasteiger partial charge in [-0.25, -0.2) is 0 Å². The van der Waals surface area contributed by atoms with Crippen molar-refractivity contribution >= 4 is 56.5 Å². The Morgan fingerprint density at radius 3 is 2.71 bits per heavy atom. The topological polar surface area (TPSA) is 77.5 Å². The number of rotatable bonds is 7. The lowest BCUT2D eigenvalue weighted by Crippen LogP contribution is -2.16. The first-order valence-corrected chi connectivity index (χ1v) is 10.9. The normalized spacial score (nSPS) is 11.9. The van der Waals surface area contributed by atoms with Gasteiger partial charge in [0.05, 0.1) is 15.1 Å². The van der Waals surface area contributed by atoms with E-state index in [-0.39, 0.29) is 11.6 Å². The van der Waals surface area contributed by atoms with Crippen molar-refractivity contribution in [3.05, 3.63) is 62.4 Å². The number of hydrogen-bond acceptors (Lipinski definition) is 5. The molecule has 0 atom stereocenters. The molecular weight excluding hydrogens is 418 g/mol. The van der Waals surface area contributed by atoms with E-state index in [0.29, 0.717) is 28.5 Å². The zero-order valence-electron chi connectivity index (χ0n) is 15.1. The Balaban J connectivity index is 1.78. The lowest BCUT2D eigenvalue weighted by Gasteiger charge is -2.02. The minimum atomic E-state index is -0.417. The van der Waals surface area contributed by atoms with Crippen LogP contribution in [0.4, 0.5) is 5.69 Å². The second kappa shape index (κ2) is 9.36. The van der Waals surface area contributed by atoms with E-state index in [9.17, 15) is 14.9 Å². The van der Waals surface area contributed by atoms with Crippen LogP contribution in [0.3, 0.4) is 0 Å². The third kappa shape index (κ3) is 5.01. The molecule has 0 saturated carbocycles.